The Morgan fingerprint density at radius 1 is 1.19 bits per heavy atom. The van der Waals surface area contributed by atoms with Crippen LogP contribution in [0.4, 0.5) is 10.5 Å². The van der Waals surface area contributed by atoms with E-state index in [0.29, 0.717) is 6.04 Å². The van der Waals surface area contributed by atoms with Gasteiger partial charge in [0.2, 0.25) is 0 Å². The zero-order valence-corrected chi connectivity index (χ0v) is 18.3. The van der Waals surface area contributed by atoms with Crippen LogP contribution in [0.5, 0.6) is 0 Å². The number of anilines is 1. The summed E-state index contributed by atoms with van der Waals surface area (Å²) in [5, 5.41) is 3.56. The number of methoxy groups -OCH3 is 1. The van der Waals surface area contributed by atoms with Gasteiger partial charge < -0.3 is 14.6 Å². The number of amides is 1. The van der Waals surface area contributed by atoms with Crippen LogP contribution in [-0.2, 0) is 17.6 Å². The Hall–Kier alpha value is -2.86. The summed E-state index contributed by atoms with van der Waals surface area (Å²) in [4.78, 5) is 19.5. The molecule has 2 aromatic carbocycles. The summed E-state index contributed by atoms with van der Waals surface area (Å²) in [5.41, 5.74) is 5.59. The number of ether oxygens (including phenoxy) is 1. The number of nitrogens with one attached hydrogen (secondary N) is 1. The fraction of sp³-hybridized carbons (Fsp3) is 0.440. The average molecular weight is 419 g/mol. The molecule has 1 fully saturated rings. The molecule has 6 nitrogen and oxygen atoms in total. The van der Waals surface area contributed by atoms with Gasteiger partial charge in [0.25, 0.3) is 0 Å². The fourth-order valence-corrected chi connectivity index (χ4v) is 5.19. The predicted octanol–water partition coefficient (Wildman–Crippen LogP) is 4.46. The molecule has 6 heteroatoms. The molecule has 162 valence electrons. The molecular weight excluding hydrogens is 388 g/mol. The molecular formula is C25H30N4O2. The van der Waals surface area contributed by atoms with E-state index in [1.165, 1.54) is 24.6 Å². The van der Waals surface area contributed by atoms with Gasteiger partial charge >= 0.3 is 6.09 Å². The van der Waals surface area contributed by atoms with Gasteiger partial charge in [-0.25, -0.2) is 9.78 Å². The van der Waals surface area contributed by atoms with Crippen LogP contribution >= 0.6 is 0 Å². The summed E-state index contributed by atoms with van der Waals surface area (Å²) in [6.45, 7) is 4.13. The molecule has 0 aliphatic carbocycles. The van der Waals surface area contributed by atoms with Crippen LogP contribution in [0, 0.1) is 0 Å². The van der Waals surface area contributed by atoms with Crippen LogP contribution in [-0.4, -0.2) is 41.9 Å². The van der Waals surface area contributed by atoms with Crippen LogP contribution in [0.25, 0.3) is 11.0 Å². The zero-order valence-electron chi connectivity index (χ0n) is 18.3. The number of hydrogen-bond acceptors (Lipinski definition) is 4. The molecule has 3 heterocycles. The monoisotopic (exact) mass is 418 g/mol. The predicted molar refractivity (Wildman–Crippen MR) is 123 cm³/mol. The summed E-state index contributed by atoms with van der Waals surface area (Å²) in [6.07, 6.45) is 4.67. The second kappa shape index (κ2) is 8.35. The number of benzene rings is 2. The van der Waals surface area contributed by atoms with Crippen molar-refractivity contribution in [2.45, 2.75) is 51.1 Å². The third-order valence-electron chi connectivity index (χ3n) is 6.74. The molecule has 2 aliphatic heterocycles. The molecule has 1 aromatic heterocycles. The van der Waals surface area contributed by atoms with E-state index in [1.54, 1.807) is 4.90 Å². The first-order chi connectivity index (χ1) is 15.2. The van der Waals surface area contributed by atoms with Crippen molar-refractivity contribution in [2.75, 3.05) is 25.1 Å². The zero-order chi connectivity index (χ0) is 21.4. The first-order valence-corrected chi connectivity index (χ1v) is 11.3. The number of carbonyl (C=O) groups excluding carboxylic acids is 1. The smallest absolute Gasteiger partial charge is 0.414 e. The molecule has 2 atom stereocenters. The largest absolute Gasteiger partial charge is 0.452 e. The average Bonchev–Trinajstić information content (AvgIpc) is 3.17. The molecule has 1 amide bonds. The first kappa shape index (κ1) is 20.1. The SMILES string of the molecule is COC(=O)N1c2ccc3c(nc(Cc4ccccc4)n3[C@H]3CCCNC3)c2CC[C@@H]1C. The van der Waals surface area contributed by atoms with E-state index in [9.17, 15) is 4.79 Å². The second-order valence-electron chi connectivity index (χ2n) is 8.72. The Labute approximate surface area is 183 Å². The minimum absolute atomic E-state index is 0.116. The van der Waals surface area contributed by atoms with Crippen molar-refractivity contribution in [1.29, 1.82) is 0 Å². The van der Waals surface area contributed by atoms with Crippen molar-refractivity contribution in [3.63, 3.8) is 0 Å². The van der Waals surface area contributed by atoms with Gasteiger partial charge in [-0.05, 0) is 56.8 Å². The van der Waals surface area contributed by atoms with Crippen molar-refractivity contribution in [3.8, 4) is 0 Å². The van der Waals surface area contributed by atoms with Crippen molar-refractivity contribution < 1.29 is 9.53 Å². The standard InChI is InChI=1S/C25H30N4O2/c1-17-10-11-20-21(28(17)25(30)31-2)12-13-22-24(20)27-23(15-18-7-4-3-5-8-18)29(22)19-9-6-14-26-16-19/h3-5,7-8,12-13,17,19,26H,6,9-11,14-16H2,1-2H3/t17-,19-/m0/s1. The van der Waals surface area contributed by atoms with Crippen molar-refractivity contribution in [2.24, 2.45) is 0 Å². The quantitative estimate of drug-likeness (QED) is 0.682. The van der Waals surface area contributed by atoms with Gasteiger partial charge in [0, 0.05) is 30.6 Å². The summed E-state index contributed by atoms with van der Waals surface area (Å²) in [5.74, 6) is 1.10. The maximum absolute atomic E-state index is 12.5. The van der Waals surface area contributed by atoms with Crippen LogP contribution in [0.1, 0.15) is 49.2 Å². The number of hydrogen-bond donors (Lipinski definition) is 1. The summed E-state index contributed by atoms with van der Waals surface area (Å²) >= 11 is 0. The number of aryl methyl sites for hydroxylation is 1. The molecule has 1 saturated heterocycles. The second-order valence-corrected chi connectivity index (χ2v) is 8.72. The van der Waals surface area contributed by atoms with Gasteiger partial charge in [-0.15, -0.1) is 0 Å². The fourth-order valence-electron chi connectivity index (χ4n) is 5.19. The highest BCUT2D eigenvalue weighted by atomic mass is 16.5. The molecule has 5 rings (SSSR count). The third kappa shape index (κ3) is 3.59. The van der Waals surface area contributed by atoms with E-state index in [2.05, 4.69) is 59.3 Å². The molecule has 0 spiro atoms. The summed E-state index contributed by atoms with van der Waals surface area (Å²) in [7, 11) is 1.45. The maximum atomic E-state index is 12.5. The van der Waals surface area contributed by atoms with Crippen LogP contribution in [0.3, 0.4) is 0 Å². The van der Waals surface area contributed by atoms with Gasteiger partial charge in [-0.2, -0.15) is 0 Å². The highest BCUT2D eigenvalue weighted by molar-refractivity contribution is 5.95. The molecule has 0 saturated carbocycles. The van der Waals surface area contributed by atoms with Gasteiger partial charge in [0.15, 0.2) is 0 Å². The number of carbonyl (C=O) groups is 1. The third-order valence-corrected chi connectivity index (χ3v) is 6.74. The van der Waals surface area contributed by atoms with Gasteiger partial charge in [-0.3, -0.25) is 4.90 Å². The van der Waals surface area contributed by atoms with E-state index in [4.69, 9.17) is 9.72 Å². The van der Waals surface area contributed by atoms with E-state index in [1.807, 2.05) is 0 Å². The molecule has 0 bridgehead atoms. The highest BCUT2D eigenvalue weighted by Gasteiger charge is 2.32. The Kier molecular flexibility index (Phi) is 5.40. The van der Waals surface area contributed by atoms with Crippen molar-refractivity contribution in [3.05, 3.63) is 59.4 Å². The molecule has 0 unspecified atom stereocenters. The number of rotatable bonds is 3. The lowest BCUT2D eigenvalue weighted by atomic mass is 9.95. The Bertz CT molecular complexity index is 1090. The normalized spacial score (nSPS) is 21.2. The number of aromatic nitrogens is 2. The van der Waals surface area contributed by atoms with E-state index in [0.717, 1.165) is 61.4 Å². The lowest BCUT2D eigenvalue weighted by molar-refractivity contribution is 0.175. The Morgan fingerprint density at radius 2 is 2.03 bits per heavy atom. The van der Waals surface area contributed by atoms with Crippen LogP contribution in [0.2, 0.25) is 0 Å². The maximum Gasteiger partial charge on any atom is 0.414 e. The minimum atomic E-state index is -0.298. The number of nitrogens with zero attached hydrogens (tertiary/aromatic N) is 3. The first-order valence-electron chi connectivity index (χ1n) is 11.3. The molecule has 31 heavy (non-hydrogen) atoms. The molecule has 3 aromatic rings. The van der Waals surface area contributed by atoms with E-state index in [-0.39, 0.29) is 12.1 Å². The Balaban J connectivity index is 1.66. The lowest BCUT2D eigenvalue weighted by Crippen LogP contribution is -2.42. The van der Waals surface area contributed by atoms with E-state index >= 15 is 0 Å². The van der Waals surface area contributed by atoms with Gasteiger partial charge in [0.1, 0.15) is 5.82 Å². The van der Waals surface area contributed by atoms with Crippen molar-refractivity contribution in [1.82, 2.24) is 14.9 Å². The lowest BCUT2D eigenvalue weighted by Gasteiger charge is -2.34. The van der Waals surface area contributed by atoms with Crippen LogP contribution < -0.4 is 10.2 Å². The van der Waals surface area contributed by atoms with Crippen LogP contribution in [0.15, 0.2) is 42.5 Å². The van der Waals surface area contributed by atoms with E-state index < -0.39 is 0 Å². The minimum Gasteiger partial charge on any atom is -0.452 e. The summed E-state index contributed by atoms with van der Waals surface area (Å²) < 4.78 is 7.54. The van der Waals surface area contributed by atoms with Gasteiger partial charge in [-0.1, -0.05) is 30.3 Å². The highest BCUT2D eigenvalue weighted by Crippen LogP contribution is 2.38. The summed E-state index contributed by atoms with van der Waals surface area (Å²) in [6, 6.07) is 15.3. The molecule has 2 aliphatic rings. The van der Waals surface area contributed by atoms with Gasteiger partial charge in [0.05, 0.1) is 23.8 Å². The number of imidazole rings is 1. The molecule has 0 radical (unpaired) electrons. The van der Waals surface area contributed by atoms with Crippen molar-refractivity contribution >= 4 is 22.8 Å². The number of piperidine rings is 1. The number of fused-ring (bicyclic) bond motifs is 3. The molecule has 1 N–H and O–H groups in total. The Morgan fingerprint density at radius 3 is 2.77 bits per heavy atom. The topological polar surface area (TPSA) is 59.4 Å².